The Morgan fingerprint density at radius 1 is 1.38 bits per heavy atom. The van der Waals surface area contributed by atoms with Gasteiger partial charge in [0.1, 0.15) is 5.82 Å². The molecule has 0 aliphatic carbocycles. The molecule has 2 heteroatoms. The first-order valence-electron chi connectivity index (χ1n) is 4.15. The van der Waals surface area contributed by atoms with E-state index >= 15 is 0 Å². The van der Waals surface area contributed by atoms with Gasteiger partial charge in [-0.3, -0.25) is 0 Å². The van der Waals surface area contributed by atoms with E-state index in [1.807, 2.05) is 13.0 Å². The molecule has 0 bridgehead atoms. The average Bonchev–Trinajstić information content (AvgIpc) is 2.03. The van der Waals surface area contributed by atoms with Gasteiger partial charge in [0.25, 0.3) is 0 Å². The highest BCUT2D eigenvalue weighted by atomic mass is 19.1. The summed E-state index contributed by atoms with van der Waals surface area (Å²) in [7, 11) is 0. The molecule has 0 N–H and O–H groups in total. The molecular formula is C11H12FN. The summed E-state index contributed by atoms with van der Waals surface area (Å²) >= 11 is 0. The first-order chi connectivity index (χ1) is 5.97. The topological polar surface area (TPSA) is 23.8 Å². The van der Waals surface area contributed by atoms with E-state index in [2.05, 4.69) is 6.07 Å². The van der Waals surface area contributed by atoms with Crippen LogP contribution in [-0.4, -0.2) is 0 Å². The molecule has 0 atom stereocenters. The zero-order chi connectivity index (χ0) is 10.1. The van der Waals surface area contributed by atoms with Gasteiger partial charge in [0.05, 0.1) is 11.5 Å². The minimum Gasteiger partial charge on any atom is -0.207 e. The van der Waals surface area contributed by atoms with E-state index in [1.165, 1.54) is 6.07 Å². The second-order valence-corrected chi connectivity index (χ2v) is 3.72. The lowest BCUT2D eigenvalue weighted by molar-refractivity contribution is 0.564. The minimum absolute atomic E-state index is 0.299. The van der Waals surface area contributed by atoms with Gasteiger partial charge in [-0.25, -0.2) is 4.39 Å². The van der Waals surface area contributed by atoms with Crippen LogP contribution >= 0.6 is 0 Å². The highest BCUT2D eigenvalue weighted by Crippen LogP contribution is 2.25. The molecule has 1 aromatic carbocycles. The highest BCUT2D eigenvalue weighted by molar-refractivity contribution is 5.33. The smallest absolute Gasteiger partial charge is 0.128 e. The summed E-state index contributed by atoms with van der Waals surface area (Å²) < 4.78 is 13.4. The lowest BCUT2D eigenvalue weighted by Crippen LogP contribution is -2.15. The maximum absolute atomic E-state index is 13.4. The van der Waals surface area contributed by atoms with Crippen molar-refractivity contribution in [2.24, 2.45) is 0 Å². The number of rotatable bonds is 1. The van der Waals surface area contributed by atoms with E-state index < -0.39 is 5.41 Å². The standard InChI is InChI=1S/C11H12FN/c1-8-4-5-9(10(12)6-8)11(2,3)7-13/h4-6H,1-3H3. The first kappa shape index (κ1) is 9.73. The van der Waals surface area contributed by atoms with Gasteiger partial charge >= 0.3 is 0 Å². The number of hydrogen-bond donors (Lipinski definition) is 0. The molecule has 1 aromatic rings. The first-order valence-corrected chi connectivity index (χ1v) is 4.15. The van der Waals surface area contributed by atoms with Crippen molar-refractivity contribution in [3.63, 3.8) is 0 Å². The fraction of sp³-hybridized carbons (Fsp3) is 0.364. The van der Waals surface area contributed by atoms with Crippen molar-refractivity contribution >= 4 is 0 Å². The maximum atomic E-state index is 13.4. The van der Waals surface area contributed by atoms with E-state index in [4.69, 9.17) is 5.26 Å². The molecule has 0 aliphatic heterocycles. The fourth-order valence-electron chi connectivity index (χ4n) is 1.19. The summed E-state index contributed by atoms with van der Waals surface area (Å²) in [6.45, 7) is 5.24. The van der Waals surface area contributed by atoms with E-state index in [0.29, 0.717) is 5.56 Å². The van der Waals surface area contributed by atoms with Gasteiger partial charge < -0.3 is 0 Å². The molecule has 0 aliphatic rings. The third-order valence-corrected chi connectivity index (χ3v) is 2.08. The molecule has 0 aromatic heterocycles. The monoisotopic (exact) mass is 177 g/mol. The molecule has 0 radical (unpaired) electrons. The molecule has 0 amide bonds. The SMILES string of the molecule is Cc1ccc(C(C)(C)C#N)c(F)c1. The number of nitriles is 1. The van der Waals surface area contributed by atoms with Crippen molar-refractivity contribution in [2.75, 3.05) is 0 Å². The lowest BCUT2D eigenvalue weighted by Gasteiger charge is -2.16. The van der Waals surface area contributed by atoms with Crippen molar-refractivity contribution in [3.8, 4) is 6.07 Å². The van der Waals surface area contributed by atoms with Gasteiger partial charge in [-0.2, -0.15) is 5.26 Å². The molecule has 0 saturated heterocycles. The molecule has 0 saturated carbocycles. The summed E-state index contributed by atoms with van der Waals surface area (Å²) in [6.07, 6.45) is 0. The van der Waals surface area contributed by atoms with Crippen LogP contribution in [0.25, 0.3) is 0 Å². The summed E-state index contributed by atoms with van der Waals surface area (Å²) in [4.78, 5) is 0. The summed E-state index contributed by atoms with van der Waals surface area (Å²) in [5.41, 5.74) is 0.577. The molecule has 1 rings (SSSR count). The Bertz CT molecular complexity index is 361. The van der Waals surface area contributed by atoms with Gasteiger partial charge in [-0.15, -0.1) is 0 Å². The third-order valence-electron chi connectivity index (χ3n) is 2.08. The van der Waals surface area contributed by atoms with Crippen molar-refractivity contribution in [1.82, 2.24) is 0 Å². The van der Waals surface area contributed by atoms with E-state index in [0.717, 1.165) is 5.56 Å². The summed E-state index contributed by atoms with van der Waals surface area (Å²) in [5, 5.41) is 8.82. The minimum atomic E-state index is -0.752. The van der Waals surface area contributed by atoms with Crippen LogP contribution in [0.4, 0.5) is 4.39 Å². The molecular weight excluding hydrogens is 165 g/mol. The molecule has 0 unspecified atom stereocenters. The van der Waals surface area contributed by atoms with Crippen LogP contribution in [0.1, 0.15) is 25.0 Å². The van der Waals surface area contributed by atoms with Gasteiger partial charge in [-0.05, 0) is 32.4 Å². The molecule has 0 spiro atoms. The van der Waals surface area contributed by atoms with Crippen LogP contribution < -0.4 is 0 Å². The van der Waals surface area contributed by atoms with E-state index in [1.54, 1.807) is 19.9 Å². The van der Waals surface area contributed by atoms with Crippen molar-refractivity contribution < 1.29 is 4.39 Å². The quantitative estimate of drug-likeness (QED) is 0.647. The zero-order valence-corrected chi connectivity index (χ0v) is 8.06. The Morgan fingerprint density at radius 3 is 2.46 bits per heavy atom. The predicted octanol–water partition coefficient (Wildman–Crippen LogP) is 2.94. The lowest BCUT2D eigenvalue weighted by atomic mass is 9.85. The molecule has 13 heavy (non-hydrogen) atoms. The number of aryl methyl sites for hydroxylation is 1. The Kier molecular flexibility index (Phi) is 2.38. The second-order valence-electron chi connectivity index (χ2n) is 3.72. The molecule has 1 nitrogen and oxygen atoms in total. The maximum Gasteiger partial charge on any atom is 0.128 e. The number of hydrogen-bond acceptors (Lipinski definition) is 1. The van der Waals surface area contributed by atoms with E-state index in [-0.39, 0.29) is 5.82 Å². The average molecular weight is 177 g/mol. The molecule has 0 fully saturated rings. The van der Waals surface area contributed by atoms with Crippen molar-refractivity contribution in [2.45, 2.75) is 26.2 Å². The predicted molar refractivity (Wildman–Crippen MR) is 49.8 cm³/mol. The third kappa shape index (κ3) is 1.86. The Labute approximate surface area is 77.8 Å². The summed E-state index contributed by atoms with van der Waals surface area (Å²) in [6, 6.07) is 7.02. The Balaban J connectivity index is 3.26. The van der Waals surface area contributed by atoms with Gasteiger partial charge in [0.15, 0.2) is 0 Å². The van der Waals surface area contributed by atoms with Crippen LogP contribution in [0.3, 0.4) is 0 Å². The Morgan fingerprint density at radius 2 is 2.00 bits per heavy atom. The fourth-order valence-corrected chi connectivity index (χ4v) is 1.19. The van der Waals surface area contributed by atoms with Gasteiger partial charge in [0, 0.05) is 5.56 Å². The van der Waals surface area contributed by atoms with Crippen molar-refractivity contribution in [1.29, 1.82) is 5.26 Å². The molecule has 0 heterocycles. The number of benzene rings is 1. The highest BCUT2D eigenvalue weighted by Gasteiger charge is 2.23. The van der Waals surface area contributed by atoms with Crippen LogP contribution in [-0.2, 0) is 5.41 Å². The largest absolute Gasteiger partial charge is 0.207 e. The van der Waals surface area contributed by atoms with Crippen molar-refractivity contribution in [3.05, 3.63) is 35.1 Å². The Hall–Kier alpha value is -1.36. The van der Waals surface area contributed by atoms with Gasteiger partial charge in [-0.1, -0.05) is 12.1 Å². The van der Waals surface area contributed by atoms with Crippen LogP contribution in [0.2, 0.25) is 0 Å². The summed E-state index contributed by atoms with van der Waals surface area (Å²) in [5.74, 6) is -0.299. The van der Waals surface area contributed by atoms with Crippen LogP contribution in [0, 0.1) is 24.1 Å². The van der Waals surface area contributed by atoms with Crippen LogP contribution in [0.5, 0.6) is 0 Å². The number of halogens is 1. The normalized spacial score (nSPS) is 11.0. The number of nitrogens with zero attached hydrogens (tertiary/aromatic N) is 1. The van der Waals surface area contributed by atoms with Gasteiger partial charge in [0.2, 0.25) is 0 Å². The molecule has 68 valence electrons. The second kappa shape index (κ2) is 3.18. The zero-order valence-electron chi connectivity index (χ0n) is 8.06. The van der Waals surface area contributed by atoms with E-state index in [9.17, 15) is 4.39 Å². The van der Waals surface area contributed by atoms with Crippen LogP contribution in [0.15, 0.2) is 18.2 Å².